The average molecular weight is 354 g/mol. The fourth-order valence-corrected chi connectivity index (χ4v) is 3.08. The highest BCUT2D eigenvalue weighted by Gasteiger charge is 2.48. The van der Waals surface area contributed by atoms with E-state index in [2.05, 4.69) is 5.32 Å². The molecule has 0 bridgehead atoms. The smallest absolute Gasteiger partial charge is 0.392 e. The number of halogens is 3. The van der Waals surface area contributed by atoms with Gasteiger partial charge < -0.3 is 10.1 Å². The molecule has 1 aromatic rings. The Hall–Kier alpha value is -2.23. The van der Waals surface area contributed by atoms with Crippen molar-refractivity contribution < 1.29 is 22.7 Å². The van der Waals surface area contributed by atoms with Crippen molar-refractivity contribution in [1.29, 1.82) is 5.26 Å². The zero-order valence-electron chi connectivity index (χ0n) is 13.8. The molecule has 1 amide bonds. The van der Waals surface area contributed by atoms with E-state index in [0.29, 0.717) is 43.7 Å². The Labute approximate surface area is 145 Å². The number of benzene rings is 1. The lowest BCUT2D eigenvalue weighted by Gasteiger charge is -2.32. The number of ether oxygens (including phenoxy) is 1. The molecule has 136 valence electrons. The second kappa shape index (κ2) is 8.75. The molecule has 0 aromatic heterocycles. The van der Waals surface area contributed by atoms with Gasteiger partial charge in [-0.25, -0.2) is 0 Å². The van der Waals surface area contributed by atoms with Gasteiger partial charge in [-0.15, -0.1) is 0 Å². The van der Waals surface area contributed by atoms with Crippen LogP contribution in [0.4, 0.5) is 18.9 Å². The Morgan fingerprint density at radius 1 is 1.32 bits per heavy atom. The molecule has 7 heteroatoms. The van der Waals surface area contributed by atoms with E-state index in [-0.39, 0.29) is 12.8 Å². The number of amides is 1. The maximum absolute atomic E-state index is 13.1. The zero-order chi connectivity index (χ0) is 18.3. The number of nitrogens with one attached hydrogen (secondary N) is 1. The molecule has 1 saturated carbocycles. The van der Waals surface area contributed by atoms with Gasteiger partial charge >= 0.3 is 6.18 Å². The Morgan fingerprint density at radius 3 is 2.80 bits per heavy atom. The molecule has 0 aliphatic heterocycles. The van der Waals surface area contributed by atoms with Crippen molar-refractivity contribution in [2.45, 2.75) is 44.7 Å². The van der Waals surface area contributed by atoms with Gasteiger partial charge in [-0.05, 0) is 31.4 Å². The molecule has 1 aromatic carbocycles. The maximum Gasteiger partial charge on any atom is 0.392 e. The molecule has 0 saturated heterocycles. The van der Waals surface area contributed by atoms with Crippen LogP contribution in [-0.4, -0.2) is 18.7 Å². The van der Waals surface area contributed by atoms with Crippen molar-refractivity contribution in [3.63, 3.8) is 0 Å². The lowest BCUT2D eigenvalue weighted by atomic mass is 9.78. The van der Waals surface area contributed by atoms with Crippen molar-refractivity contribution in [2.75, 3.05) is 11.9 Å². The van der Waals surface area contributed by atoms with Crippen LogP contribution < -0.4 is 10.1 Å². The van der Waals surface area contributed by atoms with Crippen LogP contribution in [-0.2, 0) is 4.79 Å². The molecule has 2 unspecified atom stereocenters. The van der Waals surface area contributed by atoms with Crippen molar-refractivity contribution >= 4 is 11.6 Å². The van der Waals surface area contributed by atoms with Crippen LogP contribution in [0.15, 0.2) is 24.3 Å². The van der Waals surface area contributed by atoms with Crippen molar-refractivity contribution in [3.05, 3.63) is 24.3 Å². The molecule has 0 radical (unpaired) electrons. The summed E-state index contributed by atoms with van der Waals surface area (Å²) >= 11 is 0. The van der Waals surface area contributed by atoms with Crippen molar-refractivity contribution in [1.82, 2.24) is 0 Å². The number of hydrogen-bond acceptors (Lipinski definition) is 3. The van der Waals surface area contributed by atoms with Gasteiger partial charge in [0.25, 0.3) is 0 Å². The standard InChI is InChI=1S/C18H21F3N2O2/c19-18(20,21)16-9-2-1-8-15(16)17(24)23-13-6-5-7-14(12-13)25-11-4-3-10-22/h5-7,12,15-16H,1-4,8-9,11H2,(H,23,24). The number of nitriles is 1. The lowest BCUT2D eigenvalue weighted by Crippen LogP contribution is -2.39. The van der Waals surface area contributed by atoms with Gasteiger partial charge in [-0.2, -0.15) is 18.4 Å². The predicted molar refractivity (Wildman–Crippen MR) is 86.9 cm³/mol. The summed E-state index contributed by atoms with van der Waals surface area (Å²) in [6.45, 7) is 0.365. The van der Waals surface area contributed by atoms with Gasteiger partial charge in [0.05, 0.1) is 18.6 Å². The number of unbranched alkanes of at least 4 members (excludes halogenated alkanes) is 1. The fourth-order valence-electron chi connectivity index (χ4n) is 3.08. The van der Waals surface area contributed by atoms with Gasteiger partial charge in [-0.1, -0.05) is 18.9 Å². The monoisotopic (exact) mass is 354 g/mol. The zero-order valence-corrected chi connectivity index (χ0v) is 13.8. The maximum atomic E-state index is 13.1. The normalized spacial score (nSPS) is 20.6. The van der Waals surface area contributed by atoms with Crippen molar-refractivity contribution in [2.24, 2.45) is 11.8 Å². The molecule has 1 aliphatic carbocycles. The van der Waals surface area contributed by atoms with Gasteiger partial charge in [-0.3, -0.25) is 4.79 Å². The molecule has 0 heterocycles. The topological polar surface area (TPSA) is 62.1 Å². The summed E-state index contributed by atoms with van der Waals surface area (Å²) < 4.78 is 44.9. The summed E-state index contributed by atoms with van der Waals surface area (Å²) in [5.74, 6) is -2.71. The molecular weight excluding hydrogens is 333 g/mol. The Bertz CT molecular complexity index is 625. The first-order valence-electron chi connectivity index (χ1n) is 8.39. The van der Waals surface area contributed by atoms with Crippen LogP contribution in [0.2, 0.25) is 0 Å². The van der Waals surface area contributed by atoms with Crippen LogP contribution in [0.3, 0.4) is 0 Å². The third-order valence-electron chi connectivity index (χ3n) is 4.33. The van der Waals surface area contributed by atoms with Crippen molar-refractivity contribution in [3.8, 4) is 11.8 Å². The van der Waals surface area contributed by atoms with Gasteiger partial charge in [0.2, 0.25) is 5.91 Å². The SMILES string of the molecule is N#CCCCOc1cccc(NC(=O)C2CCCCC2C(F)(F)F)c1. The van der Waals surface area contributed by atoms with Gasteiger partial charge in [0, 0.05) is 24.1 Å². The van der Waals surface area contributed by atoms with Crippen LogP contribution in [0.1, 0.15) is 38.5 Å². The number of nitrogens with zero attached hydrogens (tertiary/aromatic N) is 1. The second-order valence-corrected chi connectivity index (χ2v) is 6.17. The number of alkyl halides is 3. The molecule has 2 rings (SSSR count). The number of rotatable bonds is 6. The molecular formula is C18H21F3N2O2. The molecule has 1 N–H and O–H groups in total. The van der Waals surface area contributed by atoms with E-state index in [1.54, 1.807) is 24.3 Å². The minimum absolute atomic E-state index is 0.00360. The van der Waals surface area contributed by atoms with E-state index in [0.717, 1.165) is 0 Å². The number of anilines is 1. The minimum Gasteiger partial charge on any atom is -0.493 e. The first-order chi connectivity index (χ1) is 11.9. The Morgan fingerprint density at radius 2 is 2.08 bits per heavy atom. The van der Waals surface area contributed by atoms with Crippen LogP contribution >= 0.6 is 0 Å². The highest BCUT2D eigenvalue weighted by atomic mass is 19.4. The largest absolute Gasteiger partial charge is 0.493 e. The Kier molecular flexibility index (Phi) is 6.68. The molecule has 2 atom stereocenters. The van der Waals surface area contributed by atoms with Gasteiger partial charge in [0.1, 0.15) is 5.75 Å². The summed E-state index contributed by atoms with van der Waals surface area (Å²) in [4.78, 5) is 12.3. The second-order valence-electron chi connectivity index (χ2n) is 6.17. The van der Waals surface area contributed by atoms with Crippen LogP contribution in [0.25, 0.3) is 0 Å². The average Bonchev–Trinajstić information content (AvgIpc) is 2.58. The number of carbonyl (C=O) groups is 1. The van der Waals surface area contributed by atoms with E-state index < -0.39 is 23.9 Å². The number of hydrogen-bond donors (Lipinski definition) is 1. The predicted octanol–water partition coefficient (Wildman–Crippen LogP) is 4.68. The summed E-state index contributed by atoms with van der Waals surface area (Å²) in [5, 5.41) is 11.1. The quantitative estimate of drug-likeness (QED) is 0.755. The van der Waals surface area contributed by atoms with E-state index >= 15 is 0 Å². The fraction of sp³-hybridized carbons (Fsp3) is 0.556. The first kappa shape index (κ1) is 19.1. The highest BCUT2D eigenvalue weighted by molar-refractivity contribution is 5.93. The van der Waals surface area contributed by atoms with Crippen LogP contribution in [0, 0.1) is 23.2 Å². The number of carbonyl (C=O) groups excluding carboxylic acids is 1. The van der Waals surface area contributed by atoms with E-state index in [4.69, 9.17) is 10.00 Å². The summed E-state index contributed by atoms with van der Waals surface area (Å²) in [6, 6.07) is 8.57. The molecule has 0 spiro atoms. The van der Waals surface area contributed by atoms with E-state index in [1.165, 1.54) is 0 Å². The summed E-state index contributed by atoms with van der Waals surface area (Å²) in [6.07, 6.45) is -2.00. The van der Waals surface area contributed by atoms with E-state index in [9.17, 15) is 18.0 Å². The van der Waals surface area contributed by atoms with Crippen LogP contribution in [0.5, 0.6) is 5.75 Å². The first-order valence-corrected chi connectivity index (χ1v) is 8.39. The highest BCUT2D eigenvalue weighted by Crippen LogP contribution is 2.41. The molecule has 4 nitrogen and oxygen atoms in total. The summed E-state index contributed by atoms with van der Waals surface area (Å²) in [5.41, 5.74) is 0.411. The third kappa shape index (κ3) is 5.66. The van der Waals surface area contributed by atoms with E-state index in [1.807, 2.05) is 6.07 Å². The Balaban J connectivity index is 1.98. The summed E-state index contributed by atoms with van der Waals surface area (Å²) in [7, 11) is 0. The molecule has 1 aliphatic rings. The molecule has 25 heavy (non-hydrogen) atoms. The lowest BCUT2D eigenvalue weighted by molar-refractivity contribution is -0.197. The molecule has 1 fully saturated rings. The minimum atomic E-state index is -4.35. The van der Waals surface area contributed by atoms with Gasteiger partial charge in [0.15, 0.2) is 0 Å². The third-order valence-corrected chi connectivity index (χ3v) is 4.33.